The van der Waals surface area contributed by atoms with Crippen molar-refractivity contribution < 1.29 is 0 Å². The highest BCUT2D eigenvalue weighted by atomic mass is 14.7. The van der Waals surface area contributed by atoms with Crippen LogP contribution >= 0.6 is 0 Å². The van der Waals surface area contributed by atoms with Gasteiger partial charge in [0.15, 0.2) is 0 Å². The van der Waals surface area contributed by atoms with E-state index in [0.29, 0.717) is 0 Å². The molecule has 1 nitrogen and oxygen atoms in total. The van der Waals surface area contributed by atoms with Gasteiger partial charge in [-0.15, -0.1) is 0 Å². The van der Waals surface area contributed by atoms with Gasteiger partial charge in [0.2, 0.25) is 0 Å². The first-order valence-corrected chi connectivity index (χ1v) is 5.61. The molecule has 0 spiro atoms. The van der Waals surface area contributed by atoms with E-state index in [2.05, 4.69) is 53.5 Å². The molecule has 0 amide bonds. The third kappa shape index (κ3) is 0.904. The average Bonchev–Trinajstić information content (AvgIpc) is 2.85. The summed E-state index contributed by atoms with van der Waals surface area (Å²) in [5.74, 6) is 0. The van der Waals surface area contributed by atoms with Crippen LogP contribution in [0.15, 0.2) is 48.5 Å². The molecule has 16 heavy (non-hydrogen) atoms. The van der Waals surface area contributed by atoms with Crippen LogP contribution < -0.4 is 0 Å². The normalized spacial score (nSPS) is 12.8. The third-order valence-corrected chi connectivity index (χ3v) is 3.47. The summed E-state index contributed by atoms with van der Waals surface area (Å²) in [4.78, 5) is 3.53. The number of nitrogens with one attached hydrogen (secondary N) is 1. The second kappa shape index (κ2) is 2.76. The topological polar surface area (TPSA) is 15.8 Å². The van der Waals surface area contributed by atoms with Crippen molar-refractivity contribution >= 4 is 10.9 Å². The zero-order valence-electron chi connectivity index (χ0n) is 8.83. The lowest BCUT2D eigenvalue weighted by Crippen LogP contribution is -1.80. The molecule has 1 aromatic heterocycles. The lowest BCUT2D eigenvalue weighted by molar-refractivity contribution is 1.29. The molecule has 3 aromatic rings. The van der Waals surface area contributed by atoms with Gasteiger partial charge < -0.3 is 4.98 Å². The summed E-state index contributed by atoms with van der Waals surface area (Å²) in [6.45, 7) is 0. The van der Waals surface area contributed by atoms with Crippen molar-refractivity contribution in [2.45, 2.75) is 6.42 Å². The summed E-state index contributed by atoms with van der Waals surface area (Å²) < 4.78 is 0. The second-order valence-electron chi connectivity index (χ2n) is 4.36. The van der Waals surface area contributed by atoms with Crippen molar-refractivity contribution in [1.82, 2.24) is 4.98 Å². The van der Waals surface area contributed by atoms with E-state index >= 15 is 0 Å². The molecule has 1 heterocycles. The predicted octanol–water partition coefficient (Wildman–Crippen LogP) is 3.74. The number of H-pyrrole nitrogens is 1. The van der Waals surface area contributed by atoms with Crippen LogP contribution in [0.4, 0.5) is 0 Å². The summed E-state index contributed by atoms with van der Waals surface area (Å²) in [5.41, 5.74) is 6.83. The number of aromatic nitrogens is 1. The average molecular weight is 205 g/mol. The molecule has 1 aliphatic rings. The Balaban J connectivity index is 2.12. The summed E-state index contributed by atoms with van der Waals surface area (Å²) in [6.07, 6.45) is 1.06. The van der Waals surface area contributed by atoms with Gasteiger partial charge in [-0.2, -0.15) is 0 Å². The molecule has 4 rings (SSSR count). The van der Waals surface area contributed by atoms with Gasteiger partial charge in [0, 0.05) is 22.9 Å². The maximum atomic E-state index is 3.53. The second-order valence-corrected chi connectivity index (χ2v) is 4.36. The van der Waals surface area contributed by atoms with Crippen LogP contribution in [0.1, 0.15) is 11.1 Å². The molecule has 0 saturated heterocycles. The van der Waals surface area contributed by atoms with E-state index in [1.807, 2.05) is 0 Å². The molecule has 76 valence electrons. The number of fused-ring (bicyclic) bond motifs is 5. The van der Waals surface area contributed by atoms with Gasteiger partial charge in [-0.3, -0.25) is 0 Å². The third-order valence-electron chi connectivity index (χ3n) is 3.47. The quantitative estimate of drug-likeness (QED) is 0.450. The molecule has 2 aromatic carbocycles. The Hall–Kier alpha value is -2.02. The van der Waals surface area contributed by atoms with Gasteiger partial charge >= 0.3 is 0 Å². The van der Waals surface area contributed by atoms with E-state index in [4.69, 9.17) is 0 Å². The first-order chi connectivity index (χ1) is 7.93. The van der Waals surface area contributed by atoms with Gasteiger partial charge in [-0.25, -0.2) is 0 Å². The van der Waals surface area contributed by atoms with E-state index in [0.717, 1.165) is 6.42 Å². The lowest BCUT2D eigenvalue weighted by Gasteiger charge is -1.97. The smallest absolute Gasteiger partial charge is 0.0503 e. The van der Waals surface area contributed by atoms with Crippen molar-refractivity contribution in [2.24, 2.45) is 0 Å². The molecule has 1 aliphatic carbocycles. The van der Waals surface area contributed by atoms with Crippen LogP contribution in [-0.2, 0) is 6.42 Å². The maximum Gasteiger partial charge on any atom is 0.0503 e. The molecule has 0 radical (unpaired) electrons. The summed E-state index contributed by atoms with van der Waals surface area (Å²) >= 11 is 0. The first kappa shape index (κ1) is 8.17. The minimum absolute atomic E-state index is 1.06. The van der Waals surface area contributed by atoms with Gasteiger partial charge in [0.1, 0.15) is 0 Å². The molecule has 0 aliphatic heterocycles. The van der Waals surface area contributed by atoms with Gasteiger partial charge in [0.05, 0.1) is 5.69 Å². The predicted molar refractivity (Wildman–Crippen MR) is 66.5 cm³/mol. The fourth-order valence-electron chi connectivity index (χ4n) is 2.72. The fourth-order valence-corrected chi connectivity index (χ4v) is 2.72. The first-order valence-electron chi connectivity index (χ1n) is 5.61. The van der Waals surface area contributed by atoms with E-state index in [1.165, 1.54) is 33.3 Å². The minimum Gasteiger partial charge on any atom is -0.354 e. The van der Waals surface area contributed by atoms with Crippen molar-refractivity contribution in [1.29, 1.82) is 0 Å². The molecule has 1 heteroatoms. The number of aromatic amines is 1. The van der Waals surface area contributed by atoms with E-state index in [-0.39, 0.29) is 0 Å². The maximum absolute atomic E-state index is 3.53. The molecule has 0 atom stereocenters. The standard InChI is InChI=1S/C15H11N/c1-2-6-11-10(5-1)9-13-12-7-3-4-8-14(12)16-15(11)13/h1-8,16H,9H2. The van der Waals surface area contributed by atoms with E-state index < -0.39 is 0 Å². The van der Waals surface area contributed by atoms with Gasteiger partial charge in [-0.05, 0) is 17.2 Å². The molecule has 0 saturated carbocycles. The van der Waals surface area contributed by atoms with Crippen LogP contribution in [0.2, 0.25) is 0 Å². The molecule has 0 bridgehead atoms. The Labute approximate surface area is 93.7 Å². The van der Waals surface area contributed by atoms with Crippen molar-refractivity contribution in [3.05, 3.63) is 59.7 Å². The Kier molecular flexibility index (Phi) is 1.41. The summed E-state index contributed by atoms with van der Waals surface area (Å²) in [5, 5.41) is 1.37. The van der Waals surface area contributed by atoms with Gasteiger partial charge in [-0.1, -0.05) is 42.5 Å². The number of para-hydroxylation sites is 1. The van der Waals surface area contributed by atoms with Crippen molar-refractivity contribution in [2.75, 3.05) is 0 Å². The Morgan fingerprint density at radius 1 is 0.875 bits per heavy atom. The van der Waals surface area contributed by atoms with E-state index in [1.54, 1.807) is 0 Å². The van der Waals surface area contributed by atoms with Crippen LogP contribution in [0.3, 0.4) is 0 Å². The molecule has 1 N–H and O–H groups in total. The minimum atomic E-state index is 1.06. The highest BCUT2D eigenvalue weighted by Gasteiger charge is 2.21. The SMILES string of the molecule is c1ccc2c(c1)Cc1c-2[nH]c2ccccc12. The zero-order valence-corrected chi connectivity index (χ0v) is 8.83. The molecule has 0 fully saturated rings. The van der Waals surface area contributed by atoms with Crippen LogP contribution in [0.5, 0.6) is 0 Å². The highest BCUT2D eigenvalue weighted by Crippen LogP contribution is 2.39. The van der Waals surface area contributed by atoms with Crippen molar-refractivity contribution in [3.8, 4) is 11.3 Å². The molecular weight excluding hydrogens is 194 g/mol. The largest absolute Gasteiger partial charge is 0.354 e. The van der Waals surface area contributed by atoms with Crippen LogP contribution in [-0.4, -0.2) is 4.98 Å². The monoisotopic (exact) mass is 205 g/mol. The fraction of sp³-hybridized carbons (Fsp3) is 0.0667. The van der Waals surface area contributed by atoms with Crippen LogP contribution in [0.25, 0.3) is 22.2 Å². The molecule has 0 unspecified atom stereocenters. The number of hydrogen-bond donors (Lipinski definition) is 1. The number of benzene rings is 2. The molecular formula is C15H11N. The summed E-state index contributed by atoms with van der Waals surface area (Å²) in [6, 6.07) is 17.2. The Morgan fingerprint density at radius 3 is 2.69 bits per heavy atom. The zero-order chi connectivity index (χ0) is 10.5. The van der Waals surface area contributed by atoms with Crippen LogP contribution in [0, 0.1) is 0 Å². The Bertz CT molecular complexity index is 691. The van der Waals surface area contributed by atoms with Gasteiger partial charge in [0.25, 0.3) is 0 Å². The number of rotatable bonds is 0. The summed E-state index contributed by atoms with van der Waals surface area (Å²) in [7, 11) is 0. The Morgan fingerprint density at radius 2 is 1.69 bits per heavy atom. The van der Waals surface area contributed by atoms with Crippen molar-refractivity contribution in [3.63, 3.8) is 0 Å². The highest BCUT2D eigenvalue weighted by molar-refractivity contribution is 5.94. The number of hydrogen-bond acceptors (Lipinski definition) is 0. The lowest BCUT2D eigenvalue weighted by atomic mass is 10.1. The van der Waals surface area contributed by atoms with E-state index in [9.17, 15) is 0 Å².